The highest BCUT2D eigenvalue weighted by atomic mass is 15.1. The first-order chi connectivity index (χ1) is 8.17. The van der Waals surface area contributed by atoms with Crippen LogP contribution in [0.2, 0.25) is 0 Å². The van der Waals surface area contributed by atoms with Crippen molar-refractivity contribution in [3.63, 3.8) is 0 Å². The first kappa shape index (κ1) is 14.2. The molecule has 0 N–H and O–H groups in total. The Morgan fingerprint density at radius 1 is 1.00 bits per heavy atom. The van der Waals surface area contributed by atoms with E-state index >= 15 is 0 Å². The van der Waals surface area contributed by atoms with Gasteiger partial charge < -0.3 is 0 Å². The summed E-state index contributed by atoms with van der Waals surface area (Å²) in [7, 11) is 0. The Labute approximate surface area is 107 Å². The number of hydrogen-bond acceptors (Lipinski definition) is 1. The zero-order valence-electron chi connectivity index (χ0n) is 11.9. The van der Waals surface area contributed by atoms with E-state index in [1.807, 2.05) is 0 Å². The van der Waals surface area contributed by atoms with Gasteiger partial charge in [-0.05, 0) is 43.0 Å². The molecule has 17 heavy (non-hydrogen) atoms. The van der Waals surface area contributed by atoms with Crippen LogP contribution in [0.15, 0.2) is 24.3 Å². The van der Waals surface area contributed by atoms with Crippen LogP contribution in [0.3, 0.4) is 0 Å². The van der Waals surface area contributed by atoms with Crippen LogP contribution < -0.4 is 0 Å². The number of aryl methyl sites for hydroxylation is 1. The Morgan fingerprint density at radius 3 is 2.12 bits per heavy atom. The Morgan fingerprint density at radius 2 is 1.59 bits per heavy atom. The molecule has 0 unspecified atom stereocenters. The summed E-state index contributed by atoms with van der Waals surface area (Å²) >= 11 is 0. The van der Waals surface area contributed by atoms with Gasteiger partial charge in [-0.15, -0.1) is 0 Å². The number of nitrogens with zero attached hydrogens (tertiary/aromatic N) is 1. The van der Waals surface area contributed by atoms with Crippen LogP contribution >= 0.6 is 0 Å². The molecule has 0 bridgehead atoms. The first-order valence-corrected chi connectivity index (χ1v) is 6.96. The lowest BCUT2D eigenvalue weighted by Gasteiger charge is -2.20. The maximum atomic E-state index is 2.48. The Hall–Kier alpha value is -0.820. The van der Waals surface area contributed by atoms with Crippen LogP contribution in [-0.2, 0) is 13.0 Å². The van der Waals surface area contributed by atoms with Gasteiger partial charge in [-0.2, -0.15) is 0 Å². The summed E-state index contributed by atoms with van der Waals surface area (Å²) in [5.41, 5.74) is 3.05. The van der Waals surface area contributed by atoms with E-state index in [2.05, 4.69) is 56.9 Å². The highest BCUT2D eigenvalue weighted by Crippen LogP contribution is 2.16. The molecule has 0 atom stereocenters. The van der Waals surface area contributed by atoms with Crippen molar-refractivity contribution in [1.29, 1.82) is 0 Å². The third kappa shape index (κ3) is 4.91. The molecule has 1 rings (SSSR count). The van der Waals surface area contributed by atoms with Crippen LogP contribution in [0.25, 0.3) is 0 Å². The van der Waals surface area contributed by atoms with Gasteiger partial charge in [-0.3, -0.25) is 4.90 Å². The van der Waals surface area contributed by atoms with Gasteiger partial charge in [0.1, 0.15) is 0 Å². The molecule has 0 fully saturated rings. The van der Waals surface area contributed by atoms with Gasteiger partial charge in [-0.1, -0.05) is 52.0 Å². The molecule has 0 saturated carbocycles. The molecule has 0 aliphatic carbocycles. The molecule has 0 saturated heterocycles. The Bertz CT molecular complexity index is 313. The lowest BCUT2D eigenvalue weighted by Crippen LogP contribution is -2.22. The second kappa shape index (κ2) is 7.50. The lowest BCUT2D eigenvalue weighted by molar-refractivity contribution is 0.295. The molecule has 0 aliphatic rings. The van der Waals surface area contributed by atoms with Gasteiger partial charge in [0.15, 0.2) is 0 Å². The van der Waals surface area contributed by atoms with Gasteiger partial charge in [-0.25, -0.2) is 0 Å². The fourth-order valence-electron chi connectivity index (χ4n) is 2.09. The van der Waals surface area contributed by atoms with Crippen LogP contribution in [0.5, 0.6) is 0 Å². The highest BCUT2D eigenvalue weighted by Gasteiger charge is 2.06. The molecule has 1 heteroatoms. The number of hydrogen-bond donors (Lipinski definition) is 0. The standard InChI is InChI=1S/C16H27N/c1-5-17(6-2)13-16-10-8-7-9-15(16)12-11-14(3)4/h7-10,14H,5-6,11-13H2,1-4H3. The minimum atomic E-state index is 0.788. The maximum absolute atomic E-state index is 2.48. The zero-order valence-corrected chi connectivity index (χ0v) is 11.9. The van der Waals surface area contributed by atoms with Crippen molar-refractivity contribution in [2.75, 3.05) is 13.1 Å². The van der Waals surface area contributed by atoms with E-state index in [-0.39, 0.29) is 0 Å². The summed E-state index contributed by atoms with van der Waals surface area (Å²) in [6.45, 7) is 12.4. The van der Waals surface area contributed by atoms with E-state index in [0.29, 0.717) is 0 Å². The Balaban J connectivity index is 2.69. The summed E-state index contributed by atoms with van der Waals surface area (Å²) in [5.74, 6) is 0.788. The molecular weight excluding hydrogens is 206 g/mol. The van der Waals surface area contributed by atoms with Crippen LogP contribution in [-0.4, -0.2) is 18.0 Å². The minimum Gasteiger partial charge on any atom is -0.300 e. The third-order valence-electron chi connectivity index (χ3n) is 3.40. The molecule has 1 nitrogen and oxygen atoms in total. The molecule has 0 spiro atoms. The molecule has 96 valence electrons. The van der Waals surface area contributed by atoms with E-state index in [1.165, 1.54) is 24.0 Å². The molecule has 1 aromatic carbocycles. The van der Waals surface area contributed by atoms with E-state index in [4.69, 9.17) is 0 Å². The predicted molar refractivity (Wildman–Crippen MR) is 76.2 cm³/mol. The molecule has 1 aromatic rings. The van der Waals surface area contributed by atoms with E-state index in [1.54, 1.807) is 0 Å². The molecule has 0 heterocycles. The van der Waals surface area contributed by atoms with Crippen molar-refractivity contribution in [1.82, 2.24) is 4.90 Å². The predicted octanol–water partition coefficient (Wildman–Crippen LogP) is 4.12. The largest absolute Gasteiger partial charge is 0.300 e. The monoisotopic (exact) mass is 233 g/mol. The van der Waals surface area contributed by atoms with Gasteiger partial charge >= 0.3 is 0 Å². The average Bonchev–Trinajstić information content (AvgIpc) is 2.34. The molecule has 0 radical (unpaired) electrons. The average molecular weight is 233 g/mol. The second-order valence-corrected chi connectivity index (χ2v) is 5.16. The van der Waals surface area contributed by atoms with Crippen molar-refractivity contribution in [2.24, 2.45) is 5.92 Å². The number of rotatable bonds is 7. The summed E-state index contributed by atoms with van der Waals surface area (Å²) in [6.07, 6.45) is 2.50. The fraction of sp³-hybridized carbons (Fsp3) is 0.625. The van der Waals surface area contributed by atoms with E-state index in [0.717, 1.165) is 25.6 Å². The first-order valence-electron chi connectivity index (χ1n) is 6.96. The fourth-order valence-corrected chi connectivity index (χ4v) is 2.09. The van der Waals surface area contributed by atoms with Gasteiger partial charge in [0.25, 0.3) is 0 Å². The maximum Gasteiger partial charge on any atom is 0.0236 e. The van der Waals surface area contributed by atoms with Crippen LogP contribution in [0.4, 0.5) is 0 Å². The summed E-state index contributed by atoms with van der Waals surface area (Å²) in [4.78, 5) is 2.48. The van der Waals surface area contributed by atoms with Crippen molar-refractivity contribution in [2.45, 2.75) is 47.1 Å². The lowest BCUT2D eigenvalue weighted by atomic mass is 9.98. The van der Waals surface area contributed by atoms with Gasteiger partial charge in [0.05, 0.1) is 0 Å². The number of benzene rings is 1. The Kier molecular flexibility index (Phi) is 6.28. The third-order valence-corrected chi connectivity index (χ3v) is 3.40. The molecule has 0 aliphatic heterocycles. The van der Waals surface area contributed by atoms with Gasteiger partial charge in [0.2, 0.25) is 0 Å². The zero-order chi connectivity index (χ0) is 12.7. The second-order valence-electron chi connectivity index (χ2n) is 5.16. The highest BCUT2D eigenvalue weighted by molar-refractivity contribution is 5.27. The van der Waals surface area contributed by atoms with E-state index in [9.17, 15) is 0 Å². The van der Waals surface area contributed by atoms with Crippen molar-refractivity contribution in [3.05, 3.63) is 35.4 Å². The van der Waals surface area contributed by atoms with Gasteiger partial charge in [0, 0.05) is 6.54 Å². The minimum absolute atomic E-state index is 0.788. The quantitative estimate of drug-likeness (QED) is 0.685. The summed E-state index contributed by atoms with van der Waals surface area (Å²) in [5, 5.41) is 0. The SMILES string of the molecule is CCN(CC)Cc1ccccc1CCC(C)C. The van der Waals surface area contributed by atoms with E-state index < -0.39 is 0 Å². The summed E-state index contributed by atoms with van der Waals surface area (Å²) < 4.78 is 0. The van der Waals surface area contributed by atoms with Crippen LogP contribution in [0.1, 0.15) is 45.2 Å². The molecule has 0 amide bonds. The molecular formula is C16H27N. The van der Waals surface area contributed by atoms with Crippen molar-refractivity contribution >= 4 is 0 Å². The normalized spacial score (nSPS) is 11.4. The van der Waals surface area contributed by atoms with Crippen molar-refractivity contribution < 1.29 is 0 Å². The summed E-state index contributed by atoms with van der Waals surface area (Å²) in [6, 6.07) is 8.91. The topological polar surface area (TPSA) is 3.24 Å². The smallest absolute Gasteiger partial charge is 0.0236 e. The van der Waals surface area contributed by atoms with Crippen LogP contribution in [0, 0.1) is 5.92 Å². The molecule has 0 aromatic heterocycles. The van der Waals surface area contributed by atoms with Crippen molar-refractivity contribution in [3.8, 4) is 0 Å².